The molecule has 0 aliphatic carbocycles. The van der Waals surface area contributed by atoms with E-state index in [0.29, 0.717) is 30.3 Å². The van der Waals surface area contributed by atoms with Gasteiger partial charge in [0, 0.05) is 5.56 Å². The molecule has 9 heteroatoms. The zero-order valence-corrected chi connectivity index (χ0v) is 21.8. The molecule has 0 saturated carbocycles. The van der Waals surface area contributed by atoms with Crippen LogP contribution in [0.3, 0.4) is 0 Å². The zero-order chi connectivity index (χ0) is 26.4. The molecule has 0 aromatic heterocycles. The van der Waals surface area contributed by atoms with E-state index in [1.165, 1.54) is 18.3 Å². The van der Waals surface area contributed by atoms with Crippen molar-refractivity contribution in [2.75, 3.05) is 6.61 Å². The van der Waals surface area contributed by atoms with E-state index in [1.54, 1.807) is 12.1 Å². The Labute approximate surface area is 225 Å². The highest BCUT2D eigenvalue weighted by Crippen LogP contribution is 2.35. The van der Waals surface area contributed by atoms with Gasteiger partial charge in [-0.1, -0.05) is 42.5 Å². The molecule has 5 nitrogen and oxygen atoms in total. The Morgan fingerprint density at radius 2 is 1.76 bits per heavy atom. The Balaban J connectivity index is 1.47. The van der Waals surface area contributed by atoms with Crippen LogP contribution in [-0.2, 0) is 12.8 Å². The van der Waals surface area contributed by atoms with E-state index in [-0.39, 0.29) is 5.56 Å². The van der Waals surface area contributed by atoms with E-state index < -0.39 is 17.6 Å². The molecule has 0 heterocycles. The number of hydrazone groups is 1. The van der Waals surface area contributed by atoms with Crippen molar-refractivity contribution in [2.24, 2.45) is 5.10 Å². The zero-order valence-electron chi connectivity index (χ0n) is 19.7. The van der Waals surface area contributed by atoms with Crippen LogP contribution < -0.4 is 14.9 Å². The molecule has 190 valence electrons. The lowest BCUT2D eigenvalue weighted by atomic mass is 10.1. The first-order valence-electron chi connectivity index (χ1n) is 11.3. The number of benzene rings is 4. The normalized spacial score (nSPS) is 11.6. The smallest absolute Gasteiger partial charge is 0.416 e. The number of hydrogen-bond acceptors (Lipinski definition) is 4. The molecular weight excluding hydrogens is 596 g/mol. The summed E-state index contributed by atoms with van der Waals surface area (Å²) < 4.78 is 51.4. The summed E-state index contributed by atoms with van der Waals surface area (Å²) in [4.78, 5) is 12.3. The van der Waals surface area contributed by atoms with Crippen LogP contribution in [0.15, 0.2) is 84.0 Å². The number of alkyl halides is 3. The minimum absolute atomic E-state index is 0.144. The predicted molar refractivity (Wildman–Crippen MR) is 145 cm³/mol. The van der Waals surface area contributed by atoms with Crippen molar-refractivity contribution in [3.8, 4) is 11.5 Å². The molecule has 0 radical (unpaired) electrons. The maximum absolute atomic E-state index is 12.9. The fraction of sp³-hybridized carbons (Fsp3) is 0.143. The number of hydrogen-bond donors (Lipinski definition) is 1. The SMILES string of the molecule is CCOc1cc(/C=N\NC(=O)c2cccc(C(F)(F)F)c2)cc(I)c1OCc1ccc2ccccc2c1. The maximum atomic E-state index is 12.9. The van der Waals surface area contributed by atoms with E-state index >= 15 is 0 Å². The fourth-order valence-corrected chi connectivity index (χ4v) is 4.40. The van der Waals surface area contributed by atoms with Crippen molar-refractivity contribution in [1.82, 2.24) is 5.43 Å². The third-order valence-electron chi connectivity index (χ3n) is 5.36. The average molecular weight is 618 g/mol. The Hall–Kier alpha value is -3.60. The summed E-state index contributed by atoms with van der Waals surface area (Å²) in [6.45, 7) is 2.62. The Morgan fingerprint density at radius 3 is 2.51 bits per heavy atom. The first kappa shape index (κ1) is 26.5. The van der Waals surface area contributed by atoms with Crippen LogP contribution in [0.4, 0.5) is 13.2 Å². The lowest BCUT2D eigenvalue weighted by molar-refractivity contribution is -0.137. The van der Waals surface area contributed by atoms with Gasteiger partial charge in [0.2, 0.25) is 0 Å². The largest absolute Gasteiger partial charge is 0.490 e. The van der Waals surface area contributed by atoms with Crippen molar-refractivity contribution >= 4 is 45.5 Å². The van der Waals surface area contributed by atoms with E-state index in [1.807, 2.05) is 31.2 Å². The topological polar surface area (TPSA) is 59.9 Å². The molecule has 4 aromatic rings. The summed E-state index contributed by atoms with van der Waals surface area (Å²) in [7, 11) is 0. The molecular formula is C28H22F3IN2O3. The van der Waals surface area contributed by atoms with Crippen LogP contribution in [0, 0.1) is 3.57 Å². The molecule has 37 heavy (non-hydrogen) atoms. The lowest BCUT2D eigenvalue weighted by Crippen LogP contribution is -2.18. The molecule has 4 aromatic carbocycles. The van der Waals surface area contributed by atoms with Crippen LogP contribution in [0.5, 0.6) is 11.5 Å². The van der Waals surface area contributed by atoms with Crippen molar-refractivity contribution < 1.29 is 27.4 Å². The summed E-state index contributed by atoms with van der Waals surface area (Å²) in [5.41, 5.74) is 2.85. The summed E-state index contributed by atoms with van der Waals surface area (Å²) in [6, 6.07) is 21.9. The molecule has 1 N–H and O–H groups in total. The molecule has 0 saturated heterocycles. The minimum Gasteiger partial charge on any atom is -0.490 e. The lowest BCUT2D eigenvalue weighted by Gasteiger charge is -2.15. The van der Waals surface area contributed by atoms with Gasteiger partial charge in [-0.25, -0.2) is 5.43 Å². The van der Waals surface area contributed by atoms with Gasteiger partial charge in [-0.2, -0.15) is 18.3 Å². The molecule has 0 spiro atoms. The van der Waals surface area contributed by atoms with E-state index in [0.717, 1.165) is 32.0 Å². The molecule has 0 atom stereocenters. The van der Waals surface area contributed by atoms with Gasteiger partial charge in [0.05, 0.1) is 22.0 Å². The molecule has 4 rings (SSSR count). The van der Waals surface area contributed by atoms with E-state index in [4.69, 9.17) is 9.47 Å². The summed E-state index contributed by atoms with van der Waals surface area (Å²) in [5.74, 6) is 0.346. The average Bonchev–Trinajstić information content (AvgIpc) is 2.88. The quantitative estimate of drug-likeness (QED) is 0.129. The summed E-state index contributed by atoms with van der Waals surface area (Å²) >= 11 is 2.13. The Morgan fingerprint density at radius 1 is 0.973 bits per heavy atom. The number of nitrogens with one attached hydrogen (secondary N) is 1. The van der Waals surface area contributed by atoms with Gasteiger partial charge in [-0.15, -0.1) is 0 Å². The first-order valence-corrected chi connectivity index (χ1v) is 12.4. The van der Waals surface area contributed by atoms with E-state index in [2.05, 4.69) is 51.3 Å². The number of rotatable bonds is 8. The number of amides is 1. The van der Waals surface area contributed by atoms with Gasteiger partial charge in [0.25, 0.3) is 5.91 Å². The summed E-state index contributed by atoms with van der Waals surface area (Å²) in [6.07, 6.45) is -3.15. The summed E-state index contributed by atoms with van der Waals surface area (Å²) in [5, 5.41) is 6.18. The van der Waals surface area contributed by atoms with Crippen LogP contribution in [0.1, 0.15) is 34.0 Å². The van der Waals surface area contributed by atoms with Crippen LogP contribution in [0.2, 0.25) is 0 Å². The highest BCUT2D eigenvalue weighted by molar-refractivity contribution is 14.1. The van der Waals surface area contributed by atoms with Crippen LogP contribution in [-0.4, -0.2) is 18.7 Å². The number of fused-ring (bicyclic) bond motifs is 1. The van der Waals surface area contributed by atoms with E-state index in [9.17, 15) is 18.0 Å². The highest BCUT2D eigenvalue weighted by Gasteiger charge is 2.30. The predicted octanol–water partition coefficient (Wildman–Crippen LogP) is 7.20. The van der Waals surface area contributed by atoms with Gasteiger partial charge in [0.15, 0.2) is 11.5 Å². The van der Waals surface area contributed by atoms with Crippen molar-refractivity contribution in [3.63, 3.8) is 0 Å². The van der Waals surface area contributed by atoms with Gasteiger partial charge < -0.3 is 9.47 Å². The van der Waals surface area contributed by atoms with Gasteiger partial charge >= 0.3 is 6.18 Å². The minimum atomic E-state index is -4.54. The molecule has 0 aliphatic rings. The highest BCUT2D eigenvalue weighted by atomic mass is 127. The number of carbonyl (C=O) groups excluding carboxylic acids is 1. The maximum Gasteiger partial charge on any atom is 0.416 e. The monoisotopic (exact) mass is 618 g/mol. The third-order valence-corrected chi connectivity index (χ3v) is 6.16. The second-order valence-corrected chi connectivity index (χ2v) is 9.17. The van der Waals surface area contributed by atoms with Crippen molar-refractivity contribution in [3.05, 3.63) is 105 Å². The number of nitrogens with zero attached hydrogens (tertiary/aromatic N) is 1. The molecule has 0 aliphatic heterocycles. The fourth-order valence-electron chi connectivity index (χ4n) is 3.62. The Kier molecular flexibility index (Phi) is 8.32. The van der Waals surface area contributed by atoms with Gasteiger partial charge in [0.1, 0.15) is 6.61 Å². The second-order valence-electron chi connectivity index (χ2n) is 8.01. The number of carbonyl (C=O) groups is 1. The third kappa shape index (κ3) is 6.79. The molecule has 0 unspecified atom stereocenters. The first-order chi connectivity index (χ1) is 17.7. The standard InChI is InChI=1S/C28H22F3IN2O3/c1-2-36-25-14-19(16-33-34-27(35)22-8-5-9-23(15-22)28(29,30)31)13-24(32)26(25)37-17-18-10-11-20-6-3-4-7-21(20)12-18/h3-16H,2,17H2,1H3,(H,34,35)/b33-16-. The van der Waals surface area contributed by atoms with Gasteiger partial charge in [-0.05, 0) is 87.8 Å². The van der Waals surface area contributed by atoms with Crippen molar-refractivity contribution in [2.45, 2.75) is 19.7 Å². The van der Waals surface area contributed by atoms with Crippen LogP contribution >= 0.6 is 22.6 Å². The van der Waals surface area contributed by atoms with Crippen LogP contribution in [0.25, 0.3) is 10.8 Å². The second kappa shape index (κ2) is 11.6. The molecule has 0 bridgehead atoms. The number of halogens is 4. The molecule has 0 fully saturated rings. The molecule has 1 amide bonds. The number of ether oxygens (including phenoxy) is 2. The van der Waals surface area contributed by atoms with Gasteiger partial charge in [-0.3, -0.25) is 4.79 Å². The van der Waals surface area contributed by atoms with Crippen molar-refractivity contribution in [1.29, 1.82) is 0 Å². The Bertz CT molecular complexity index is 1450.